The second-order valence-electron chi connectivity index (χ2n) is 7.00. The maximum atomic E-state index is 14.1. The fourth-order valence-corrected chi connectivity index (χ4v) is 2.69. The van der Waals surface area contributed by atoms with E-state index >= 15 is 0 Å². The number of alkyl halides is 3. The molecule has 0 saturated carbocycles. The molecule has 0 heterocycles. The van der Waals surface area contributed by atoms with Crippen LogP contribution in [-0.2, 0) is 10.9 Å². The number of hydrogen-bond donors (Lipinski definition) is 2. The molecule has 2 aromatic rings. The maximum Gasteiger partial charge on any atom is 0.416 e. The van der Waals surface area contributed by atoms with Gasteiger partial charge < -0.3 is 10.1 Å². The number of carbonyl (C=O) groups excluding carboxylic acids is 2. The molecule has 0 fully saturated rings. The molecular formula is C19H17BrF4N2O3. The molecule has 0 aromatic heterocycles. The van der Waals surface area contributed by atoms with Crippen molar-refractivity contribution >= 4 is 39.3 Å². The van der Waals surface area contributed by atoms with E-state index in [1.165, 1.54) is 12.1 Å². The third-order valence-corrected chi connectivity index (χ3v) is 3.80. The van der Waals surface area contributed by atoms with Crippen LogP contribution < -0.4 is 10.6 Å². The lowest BCUT2D eigenvalue weighted by Gasteiger charge is -2.20. The first-order chi connectivity index (χ1) is 13.2. The lowest BCUT2D eigenvalue weighted by molar-refractivity contribution is -0.137. The van der Waals surface area contributed by atoms with E-state index < -0.39 is 35.2 Å². The van der Waals surface area contributed by atoms with Crippen molar-refractivity contribution in [1.29, 1.82) is 0 Å². The van der Waals surface area contributed by atoms with Crippen LogP contribution in [-0.4, -0.2) is 17.6 Å². The van der Waals surface area contributed by atoms with Gasteiger partial charge in [0.25, 0.3) is 5.91 Å². The zero-order valence-corrected chi connectivity index (χ0v) is 17.2. The zero-order valence-electron chi connectivity index (χ0n) is 15.6. The summed E-state index contributed by atoms with van der Waals surface area (Å²) in [5.74, 6) is -1.79. The lowest BCUT2D eigenvalue weighted by atomic mass is 10.1. The van der Waals surface area contributed by atoms with Gasteiger partial charge >= 0.3 is 12.3 Å². The van der Waals surface area contributed by atoms with Crippen molar-refractivity contribution < 1.29 is 31.9 Å². The van der Waals surface area contributed by atoms with E-state index in [0.717, 1.165) is 18.2 Å². The van der Waals surface area contributed by atoms with Crippen LogP contribution in [0, 0.1) is 5.82 Å². The molecule has 5 nitrogen and oxygen atoms in total. The van der Waals surface area contributed by atoms with Crippen LogP contribution >= 0.6 is 15.9 Å². The first-order valence-electron chi connectivity index (χ1n) is 8.23. The molecule has 2 amide bonds. The standard InChI is InChI=1S/C19H17BrF4N2O3/c1-18(2,3)29-17(28)25-13-4-5-14(21)15(9-13)26-16(27)10-6-11(19(22,23)24)8-12(20)7-10/h4-9H,1-3H3,(H,25,28)(H,26,27). The number of rotatable bonds is 3. The number of halogens is 5. The minimum Gasteiger partial charge on any atom is -0.444 e. The number of hydrogen-bond acceptors (Lipinski definition) is 3. The minimum atomic E-state index is -4.65. The molecular weight excluding hydrogens is 460 g/mol. The summed E-state index contributed by atoms with van der Waals surface area (Å²) in [5.41, 5.74) is -2.30. The number of amides is 2. The predicted molar refractivity (Wildman–Crippen MR) is 103 cm³/mol. The predicted octanol–water partition coefficient (Wildman–Crippen LogP) is 6.21. The molecule has 0 radical (unpaired) electrons. The van der Waals surface area contributed by atoms with Crippen LogP contribution in [0.2, 0.25) is 0 Å². The molecule has 0 aliphatic carbocycles. The Morgan fingerprint density at radius 2 is 1.66 bits per heavy atom. The monoisotopic (exact) mass is 476 g/mol. The molecule has 0 unspecified atom stereocenters. The van der Waals surface area contributed by atoms with Gasteiger partial charge in [-0.1, -0.05) is 15.9 Å². The van der Waals surface area contributed by atoms with Crippen molar-refractivity contribution in [3.8, 4) is 0 Å². The van der Waals surface area contributed by atoms with Gasteiger partial charge in [-0.2, -0.15) is 13.2 Å². The SMILES string of the molecule is CC(C)(C)OC(=O)Nc1ccc(F)c(NC(=O)c2cc(Br)cc(C(F)(F)F)c2)c1. The quantitative estimate of drug-likeness (QED) is 0.517. The average Bonchev–Trinajstić information content (AvgIpc) is 2.54. The Bertz CT molecular complexity index is 940. The Hall–Kier alpha value is -2.62. The second-order valence-corrected chi connectivity index (χ2v) is 7.92. The van der Waals surface area contributed by atoms with Crippen molar-refractivity contribution in [1.82, 2.24) is 0 Å². The van der Waals surface area contributed by atoms with Crippen LogP contribution in [0.5, 0.6) is 0 Å². The fourth-order valence-electron chi connectivity index (χ4n) is 2.20. The van der Waals surface area contributed by atoms with Gasteiger partial charge in [-0.25, -0.2) is 9.18 Å². The van der Waals surface area contributed by atoms with E-state index in [0.29, 0.717) is 6.07 Å². The summed E-state index contributed by atoms with van der Waals surface area (Å²) in [5, 5.41) is 4.58. The number of ether oxygens (including phenoxy) is 1. The lowest BCUT2D eigenvalue weighted by Crippen LogP contribution is -2.27. The topological polar surface area (TPSA) is 67.4 Å². The highest BCUT2D eigenvalue weighted by atomic mass is 79.9. The van der Waals surface area contributed by atoms with E-state index in [1.807, 2.05) is 0 Å². The van der Waals surface area contributed by atoms with Crippen LogP contribution in [0.3, 0.4) is 0 Å². The molecule has 0 aliphatic rings. The Morgan fingerprint density at radius 1 is 1.00 bits per heavy atom. The summed E-state index contributed by atoms with van der Waals surface area (Å²) in [6, 6.07) is 6.01. The summed E-state index contributed by atoms with van der Waals surface area (Å²) in [6.45, 7) is 4.99. The van der Waals surface area contributed by atoms with E-state index in [9.17, 15) is 27.2 Å². The number of nitrogens with one attached hydrogen (secondary N) is 2. The van der Waals surface area contributed by atoms with Gasteiger partial charge in [0, 0.05) is 15.7 Å². The molecule has 29 heavy (non-hydrogen) atoms. The molecule has 0 spiro atoms. The van der Waals surface area contributed by atoms with Crippen molar-refractivity contribution in [3.05, 3.63) is 57.8 Å². The second kappa shape index (κ2) is 8.40. The summed E-state index contributed by atoms with van der Waals surface area (Å²) in [4.78, 5) is 24.2. The van der Waals surface area contributed by atoms with Gasteiger partial charge in [-0.3, -0.25) is 10.1 Å². The van der Waals surface area contributed by atoms with Crippen LogP contribution in [0.25, 0.3) is 0 Å². The third-order valence-electron chi connectivity index (χ3n) is 3.35. The largest absolute Gasteiger partial charge is 0.444 e. The molecule has 0 aliphatic heterocycles. The Kier molecular flexibility index (Phi) is 6.56. The maximum absolute atomic E-state index is 14.1. The van der Waals surface area contributed by atoms with Crippen molar-refractivity contribution in [2.75, 3.05) is 10.6 Å². The van der Waals surface area contributed by atoms with Gasteiger partial charge in [0.15, 0.2) is 0 Å². The highest BCUT2D eigenvalue weighted by Crippen LogP contribution is 2.32. The normalized spacial score (nSPS) is 11.7. The number of benzene rings is 2. The smallest absolute Gasteiger partial charge is 0.416 e. The Morgan fingerprint density at radius 3 is 2.24 bits per heavy atom. The van der Waals surface area contributed by atoms with Crippen LogP contribution in [0.1, 0.15) is 36.7 Å². The van der Waals surface area contributed by atoms with E-state index in [1.54, 1.807) is 20.8 Å². The Balaban J connectivity index is 2.23. The van der Waals surface area contributed by atoms with E-state index in [4.69, 9.17) is 4.74 Å². The van der Waals surface area contributed by atoms with Gasteiger partial charge in [-0.05, 0) is 57.2 Å². The number of carbonyl (C=O) groups is 2. The average molecular weight is 477 g/mol. The van der Waals surface area contributed by atoms with Gasteiger partial charge in [0.2, 0.25) is 0 Å². The summed E-state index contributed by atoms with van der Waals surface area (Å²) in [6.07, 6.45) is -5.44. The van der Waals surface area contributed by atoms with Crippen molar-refractivity contribution in [2.24, 2.45) is 0 Å². The van der Waals surface area contributed by atoms with E-state index in [2.05, 4.69) is 26.6 Å². The summed E-state index contributed by atoms with van der Waals surface area (Å²) in [7, 11) is 0. The molecule has 0 saturated heterocycles. The van der Waals surface area contributed by atoms with Gasteiger partial charge in [0.05, 0.1) is 11.3 Å². The molecule has 156 valence electrons. The van der Waals surface area contributed by atoms with Crippen LogP contribution in [0.15, 0.2) is 40.9 Å². The third kappa shape index (κ3) is 6.74. The molecule has 10 heteroatoms. The molecule has 2 rings (SSSR count). The van der Waals surface area contributed by atoms with Crippen molar-refractivity contribution in [3.63, 3.8) is 0 Å². The zero-order chi connectivity index (χ0) is 22.0. The van der Waals surface area contributed by atoms with Crippen LogP contribution in [0.4, 0.5) is 33.7 Å². The van der Waals surface area contributed by atoms with E-state index in [-0.39, 0.29) is 21.4 Å². The first kappa shape index (κ1) is 22.7. The molecule has 2 N–H and O–H groups in total. The molecule has 0 bridgehead atoms. The van der Waals surface area contributed by atoms with Gasteiger partial charge in [-0.15, -0.1) is 0 Å². The highest BCUT2D eigenvalue weighted by molar-refractivity contribution is 9.10. The van der Waals surface area contributed by atoms with Crippen molar-refractivity contribution in [2.45, 2.75) is 32.5 Å². The number of anilines is 2. The minimum absolute atomic E-state index is 0.0401. The van der Waals surface area contributed by atoms with Gasteiger partial charge in [0.1, 0.15) is 11.4 Å². The highest BCUT2D eigenvalue weighted by Gasteiger charge is 2.31. The molecule has 2 aromatic carbocycles. The summed E-state index contributed by atoms with van der Waals surface area (Å²) < 4.78 is 58.0. The molecule has 0 atom stereocenters. The first-order valence-corrected chi connectivity index (χ1v) is 9.02. The fraction of sp³-hybridized carbons (Fsp3) is 0.263. The summed E-state index contributed by atoms with van der Waals surface area (Å²) >= 11 is 2.92. The Labute approximate surface area is 172 Å².